The molecule has 1 atom stereocenters. The molecule has 1 unspecified atom stereocenters. The number of hydrogen-bond acceptors (Lipinski definition) is 4. The van der Waals surface area contributed by atoms with E-state index in [2.05, 4.69) is 0 Å². The Hall–Kier alpha value is -1.02. The van der Waals surface area contributed by atoms with Crippen molar-refractivity contribution in [2.45, 2.75) is 6.04 Å². The van der Waals surface area contributed by atoms with Gasteiger partial charge in [0.25, 0.3) is 0 Å². The summed E-state index contributed by atoms with van der Waals surface area (Å²) >= 11 is 0. The van der Waals surface area contributed by atoms with Crippen molar-refractivity contribution in [3.8, 4) is 0 Å². The molecule has 2 N–H and O–H groups in total. The summed E-state index contributed by atoms with van der Waals surface area (Å²) in [7, 11) is -3.15. The number of piperazine rings is 1. The predicted octanol–water partition coefficient (Wildman–Crippen LogP) is 0.403. The third-order valence-corrected chi connectivity index (χ3v) is 4.97. The summed E-state index contributed by atoms with van der Waals surface area (Å²) in [5.41, 5.74) is 6.36. The lowest BCUT2D eigenvalue weighted by Crippen LogP contribution is -2.50. The van der Waals surface area contributed by atoms with Crippen LogP contribution in [0.15, 0.2) is 24.3 Å². The van der Waals surface area contributed by atoms with Gasteiger partial charge < -0.3 is 5.73 Å². The third-order valence-electron chi connectivity index (χ3n) is 3.67. The minimum atomic E-state index is -3.15. The zero-order chi connectivity index (χ0) is 14.8. The molecule has 0 spiro atoms. The summed E-state index contributed by atoms with van der Waals surface area (Å²) in [6, 6.07) is 6.38. The summed E-state index contributed by atoms with van der Waals surface area (Å²) in [6.07, 6.45) is 1.21. The normalized spacial score (nSPS) is 19.9. The summed E-state index contributed by atoms with van der Waals surface area (Å²) in [5.74, 6) is -0.270. The van der Waals surface area contributed by atoms with Crippen molar-refractivity contribution in [3.63, 3.8) is 0 Å². The average Bonchev–Trinajstić information content (AvgIpc) is 2.41. The van der Waals surface area contributed by atoms with Gasteiger partial charge in [0.05, 0.1) is 12.3 Å². The molecule has 0 bridgehead atoms. The first kappa shape index (κ1) is 15.4. The highest BCUT2D eigenvalue weighted by molar-refractivity contribution is 7.88. The van der Waals surface area contributed by atoms with Crippen LogP contribution in [-0.2, 0) is 10.0 Å². The molecule has 1 fully saturated rings. The maximum absolute atomic E-state index is 13.9. The summed E-state index contributed by atoms with van der Waals surface area (Å²) in [5, 5.41) is 0. The number of nitrogens with zero attached hydrogens (tertiary/aromatic N) is 2. The van der Waals surface area contributed by atoms with Crippen LogP contribution in [0.5, 0.6) is 0 Å². The van der Waals surface area contributed by atoms with E-state index in [9.17, 15) is 12.8 Å². The van der Waals surface area contributed by atoms with Crippen molar-refractivity contribution in [3.05, 3.63) is 35.6 Å². The van der Waals surface area contributed by atoms with Crippen molar-refractivity contribution < 1.29 is 12.8 Å². The minimum Gasteiger partial charge on any atom is -0.329 e. The monoisotopic (exact) mass is 301 g/mol. The van der Waals surface area contributed by atoms with E-state index in [1.807, 2.05) is 4.90 Å². The molecule has 112 valence electrons. The molecule has 1 aliphatic rings. The SMILES string of the molecule is CS(=O)(=O)N1CCN(C(CN)c2ccccc2F)CC1. The van der Waals surface area contributed by atoms with Crippen LogP contribution in [0, 0.1) is 5.82 Å². The topological polar surface area (TPSA) is 66.6 Å². The standard InChI is InChI=1S/C13H20FN3O2S/c1-20(18,19)17-8-6-16(7-9-17)13(10-15)11-4-2-3-5-12(11)14/h2-5,13H,6-10,15H2,1H3. The van der Waals surface area contributed by atoms with Gasteiger partial charge in [0.2, 0.25) is 10.0 Å². The zero-order valence-corrected chi connectivity index (χ0v) is 12.3. The maximum Gasteiger partial charge on any atom is 0.211 e. The van der Waals surface area contributed by atoms with Crippen LogP contribution in [0.3, 0.4) is 0 Å². The van der Waals surface area contributed by atoms with Crippen LogP contribution < -0.4 is 5.73 Å². The molecule has 0 aliphatic carbocycles. The Kier molecular flexibility index (Phi) is 4.74. The van der Waals surface area contributed by atoms with Gasteiger partial charge in [-0.1, -0.05) is 18.2 Å². The van der Waals surface area contributed by atoms with E-state index >= 15 is 0 Å². The number of rotatable bonds is 4. The quantitative estimate of drug-likeness (QED) is 0.874. The van der Waals surface area contributed by atoms with Gasteiger partial charge in [0.15, 0.2) is 0 Å². The Balaban J connectivity index is 2.10. The highest BCUT2D eigenvalue weighted by atomic mass is 32.2. The lowest BCUT2D eigenvalue weighted by atomic mass is 10.0. The minimum absolute atomic E-state index is 0.210. The highest BCUT2D eigenvalue weighted by Crippen LogP contribution is 2.24. The van der Waals surface area contributed by atoms with Gasteiger partial charge in [0.1, 0.15) is 5.82 Å². The Labute approximate surface area is 119 Å². The van der Waals surface area contributed by atoms with E-state index in [1.54, 1.807) is 18.2 Å². The Morgan fingerprint density at radius 2 is 1.85 bits per heavy atom. The lowest BCUT2D eigenvalue weighted by molar-refractivity contribution is 0.138. The fourth-order valence-electron chi connectivity index (χ4n) is 2.56. The molecule has 1 saturated heterocycles. The number of benzene rings is 1. The van der Waals surface area contributed by atoms with Crippen LogP contribution >= 0.6 is 0 Å². The van der Waals surface area contributed by atoms with Crippen LogP contribution in [0.2, 0.25) is 0 Å². The summed E-state index contributed by atoms with van der Waals surface area (Å²) in [6.45, 7) is 2.26. The molecule has 1 heterocycles. The Morgan fingerprint density at radius 3 is 2.35 bits per heavy atom. The fraction of sp³-hybridized carbons (Fsp3) is 0.538. The second kappa shape index (κ2) is 6.17. The smallest absolute Gasteiger partial charge is 0.211 e. The molecule has 20 heavy (non-hydrogen) atoms. The Morgan fingerprint density at radius 1 is 1.25 bits per heavy atom. The van der Waals surface area contributed by atoms with Crippen molar-refractivity contribution in [1.82, 2.24) is 9.21 Å². The summed E-state index contributed by atoms with van der Waals surface area (Å²) in [4.78, 5) is 2.04. The lowest BCUT2D eigenvalue weighted by Gasteiger charge is -2.38. The van der Waals surface area contributed by atoms with Gasteiger partial charge >= 0.3 is 0 Å². The first-order valence-electron chi connectivity index (χ1n) is 6.57. The second-order valence-corrected chi connectivity index (χ2v) is 6.95. The van der Waals surface area contributed by atoms with E-state index in [0.717, 1.165) is 0 Å². The van der Waals surface area contributed by atoms with Crippen LogP contribution in [0.1, 0.15) is 11.6 Å². The van der Waals surface area contributed by atoms with Crippen LogP contribution in [0.4, 0.5) is 4.39 Å². The van der Waals surface area contributed by atoms with Crippen molar-refractivity contribution >= 4 is 10.0 Å². The summed E-state index contributed by atoms with van der Waals surface area (Å²) < 4.78 is 38.3. The van der Waals surface area contributed by atoms with Crippen LogP contribution in [0.25, 0.3) is 0 Å². The first-order valence-corrected chi connectivity index (χ1v) is 8.42. The van der Waals surface area contributed by atoms with E-state index < -0.39 is 10.0 Å². The molecule has 5 nitrogen and oxygen atoms in total. The number of halogens is 1. The number of nitrogens with two attached hydrogens (primary N) is 1. The molecule has 2 rings (SSSR count). The number of sulfonamides is 1. The molecular formula is C13H20FN3O2S. The van der Waals surface area contributed by atoms with Gasteiger partial charge in [-0.05, 0) is 6.07 Å². The molecule has 1 aliphatic heterocycles. The van der Waals surface area contributed by atoms with E-state index in [-0.39, 0.29) is 11.9 Å². The van der Waals surface area contributed by atoms with Crippen molar-refractivity contribution in [2.75, 3.05) is 39.0 Å². The molecule has 1 aromatic rings. The van der Waals surface area contributed by atoms with Gasteiger partial charge in [-0.2, -0.15) is 4.31 Å². The molecule has 0 aromatic heterocycles. The number of hydrogen-bond donors (Lipinski definition) is 1. The van der Waals surface area contributed by atoms with Crippen LogP contribution in [-0.4, -0.2) is 56.6 Å². The third kappa shape index (κ3) is 3.35. The predicted molar refractivity (Wildman–Crippen MR) is 76.2 cm³/mol. The molecule has 1 aromatic carbocycles. The van der Waals surface area contributed by atoms with E-state index in [4.69, 9.17) is 5.73 Å². The maximum atomic E-state index is 13.9. The van der Waals surface area contributed by atoms with E-state index in [1.165, 1.54) is 16.6 Å². The second-order valence-electron chi connectivity index (χ2n) is 4.97. The highest BCUT2D eigenvalue weighted by Gasteiger charge is 2.28. The molecule has 7 heteroatoms. The molecule has 0 radical (unpaired) electrons. The molecular weight excluding hydrogens is 281 g/mol. The van der Waals surface area contributed by atoms with Gasteiger partial charge in [-0.25, -0.2) is 12.8 Å². The van der Waals surface area contributed by atoms with E-state index in [0.29, 0.717) is 38.3 Å². The van der Waals surface area contributed by atoms with Gasteiger partial charge in [-0.15, -0.1) is 0 Å². The van der Waals surface area contributed by atoms with Gasteiger partial charge in [-0.3, -0.25) is 4.90 Å². The molecule has 0 amide bonds. The largest absolute Gasteiger partial charge is 0.329 e. The molecule has 0 saturated carbocycles. The van der Waals surface area contributed by atoms with Crippen molar-refractivity contribution in [1.29, 1.82) is 0 Å². The van der Waals surface area contributed by atoms with Crippen molar-refractivity contribution in [2.24, 2.45) is 5.73 Å². The first-order chi connectivity index (χ1) is 9.43. The Bertz CT molecular complexity index is 556. The fourth-order valence-corrected chi connectivity index (χ4v) is 3.39. The van der Waals surface area contributed by atoms with Gasteiger partial charge in [0, 0.05) is 38.3 Å². The zero-order valence-electron chi connectivity index (χ0n) is 11.5. The average molecular weight is 301 g/mol.